The van der Waals surface area contributed by atoms with E-state index in [1.165, 1.54) is 18.2 Å². The van der Waals surface area contributed by atoms with Gasteiger partial charge in [0.1, 0.15) is 11.5 Å². The third-order valence-electron chi connectivity index (χ3n) is 5.26. The number of imide groups is 1. The normalized spacial score (nSPS) is 27.1. The summed E-state index contributed by atoms with van der Waals surface area (Å²) in [5.41, 5.74) is -1.13. The second kappa shape index (κ2) is 6.91. The molecule has 3 aliphatic rings. The summed E-state index contributed by atoms with van der Waals surface area (Å²) >= 11 is 0. The van der Waals surface area contributed by atoms with Crippen LogP contribution < -0.4 is 15.4 Å². The fourth-order valence-electron chi connectivity index (χ4n) is 3.69. The van der Waals surface area contributed by atoms with E-state index < -0.39 is 22.9 Å². The zero-order valence-corrected chi connectivity index (χ0v) is 16.5. The number of rotatable bonds is 3. The van der Waals surface area contributed by atoms with Crippen LogP contribution in [0.2, 0.25) is 0 Å². The van der Waals surface area contributed by atoms with Crippen LogP contribution in [0.3, 0.4) is 0 Å². The van der Waals surface area contributed by atoms with Gasteiger partial charge in [-0.15, -0.1) is 0 Å². The van der Waals surface area contributed by atoms with Gasteiger partial charge >= 0.3 is 6.03 Å². The van der Waals surface area contributed by atoms with Crippen molar-refractivity contribution in [3.05, 3.63) is 41.3 Å². The summed E-state index contributed by atoms with van der Waals surface area (Å²) in [6, 6.07) is 4.54. The van der Waals surface area contributed by atoms with E-state index in [0.717, 1.165) is 5.56 Å². The van der Waals surface area contributed by atoms with Crippen molar-refractivity contribution in [3.63, 3.8) is 0 Å². The van der Waals surface area contributed by atoms with Gasteiger partial charge in [0.15, 0.2) is 5.54 Å². The molecule has 4 amide bonds. The molecule has 1 fully saturated rings. The molecule has 0 radical (unpaired) electrons. The molecular weight excluding hydrogens is 388 g/mol. The molecule has 0 spiro atoms. The minimum absolute atomic E-state index is 0.0716. The zero-order valence-electron chi connectivity index (χ0n) is 16.5. The number of carbonyl (C=O) groups is 3. The molecule has 2 atom stereocenters. The molecule has 3 aliphatic heterocycles. The summed E-state index contributed by atoms with van der Waals surface area (Å²) in [6.45, 7) is 1.92. The maximum absolute atomic E-state index is 12.9. The second-order valence-electron chi connectivity index (χ2n) is 7.74. The number of hydrogen-bond acceptors (Lipinski definition) is 6. The van der Waals surface area contributed by atoms with E-state index in [9.17, 15) is 19.5 Å². The van der Waals surface area contributed by atoms with Crippen LogP contribution in [-0.4, -0.2) is 53.3 Å². The number of aliphatic imine (C=N–C) groups is 1. The van der Waals surface area contributed by atoms with Crippen LogP contribution in [0, 0.1) is 17.3 Å². The average Bonchev–Trinajstić information content (AvgIpc) is 3.15. The lowest BCUT2D eigenvalue weighted by atomic mass is 9.85. The Morgan fingerprint density at radius 2 is 2.10 bits per heavy atom. The molecular formula is C21H20N4O5. The molecule has 1 aromatic rings. The summed E-state index contributed by atoms with van der Waals surface area (Å²) < 4.78 is 5.18. The molecule has 30 heavy (non-hydrogen) atoms. The Balaban J connectivity index is 1.64. The van der Waals surface area contributed by atoms with Gasteiger partial charge < -0.3 is 20.1 Å². The van der Waals surface area contributed by atoms with Crippen molar-refractivity contribution in [1.82, 2.24) is 15.5 Å². The lowest BCUT2D eigenvalue weighted by Gasteiger charge is -2.27. The number of ether oxygens (including phenoxy) is 1. The van der Waals surface area contributed by atoms with Gasteiger partial charge in [0.25, 0.3) is 11.8 Å². The number of allylic oxidation sites excluding steroid dienone is 1. The Bertz CT molecular complexity index is 1080. The van der Waals surface area contributed by atoms with E-state index in [1.54, 1.807) is 31.3 Å². The standard InChI is InChI=1S/C21H20N4O5/c1-20(8-14(26)9-22-11-20)5-6-21(18(28)23-19(29)24-21)12-25-10-13-3-4-15(30-2)7-16(13)17(25)27/h3-4,7,9,11,26H,8,10,12H2,1-2H3,(H2,23,24,28,29)/t20-,21-/m1/s1. The zero-order chi connectivity index (χ0) is 21.5. The van der Waals surface area contributed by atoms with Gasteiger partial charge in [0.05, 0.1) is 25.3 Å². The van der Waals surface area contributed by atoms with Crippen LogP contribution in [0.5, 0.6) is 5.75 Å². The Hall–Kier alpha value is -3.80. The Kier molecular flexibility index (Phi) is 4.50. The number of methoxy groups -OCH3 is 1. The van der Waals surface area contributed by atoms with E-state index in [1.807, 2.05) is 0 Å². The van der Waals surface area contributed by atoms with Crippen molar-refractivity contribution in [2.75, 3.05) is 13.7 Å². The third kappa shape index (κ3) is 3.37. The summed E-state index contributed by atoms with van der Waals surface area (Å²) in [5.74, 6) is 5.55. The molecule has 0 aliphatic carbocycles. The molecule has 0 unspecified atom stereocenters. The highest BCUT2D eigenvalue weighted by Gasteiger charge is 2.48. The van der Waals surface area contributed by atoms with Crippen molar-refractivity contribution in [2.45, 2.75) is 25.4 Å². The van der Waals surface area contributed by atoms with Gasteiger partial charge in [-0.1, -0.05) is 17.9 Å². The molecule has 1 saturated heterocycles. The average molecular weight is 408 g/mol. The molecule has 3 heterocycles. The summed E-state index contributed by atoms with van der Waals surface area (Å²) in [7, 11) is 1.52. The van der Waals surface area contributed by atoms with Crippen molar-refractivity contribution in [1.29, 1.82) is 0 Å². The summed E-state index contributed by atoms with van der Waals surface area (Å²) in [6.07, 6.45) is 3.13. The first-order valence-electron chi connectivity index (χ1n) is 9.30. The highest BCUT2D eigenvalue weighted by molar-refractivity contribution is 6.10. The Morgan fingerprint density at radius 1 is 1.30 bits per heavy atom. The van der Waals surface area contributed by atoms with Crippen LogP contribution in [0.1, 0.15) is 29.3 Å². The Morgan fingerprint density at radius 3 is 2.77 bits per heavy atom. The number of aliphatic hydroxyl groups excluding tert-OH is 1. The number of amides is 4. The van der Waals surface area contributed by atoms with Gasteiger partial charge in [-0.2, -0.15) is 0 Å². The van der Waals surface area contributed by atoms with E-state index in [4.69, 9.17) is 4.74 Å². The summed E-state index contributed by atoms with van der Waals surface area (Å²) in [5, 5.41) is 14.5. The fraction of sp³-hybridized carbons (Fsp3) is 0.333. The quantitative estimate of drug-likeness (QED) is 0.511. The number of fused-ring (bicyclic) bond motifs is 1. The molecule has 154 valence electrons. The van der Waals surface area contributed by atoms with Gasteiger partial charge in [0, 0.05) is 24.7 Å². The SMILES string of the molecule is COc1ccc2c(c1)C(=O)N(C[C@@]1(C#C[C@@]3(C)C=NC=C(O)C3)NC(=O)NC1=O)C2. The first-order valence-corrected chi connectivity index (χ1v) is 9.30. The van der Waals surface area contributed by atoms with Crippen LogP contribution in [0.4, 0.5) is 4.79 Å². The third-order valence-corrected chi connectivity index (χ3v) is 5.26. The monoisotopic (exact) mass is 408 g/mol. The van der Waals surface area contributed by atoms with E-state index in [2.05, 4.69) is 27.5 Å². The number of benzene rings is 1. The van der Waals surface area contributed by atoms with Crippen LogP contribution in [0.15, 0.2) is 35.2 Å². The first kappa shape index (κ1) is 19.5. The number of aliphatic hydroxyl groups is 1. The summed E-state index contributed by atoms with van der Waals surface area (Å²) in [4.78, 5) is 42.9. The van der Waals surface area contributed by atoms with Crippen molar-refractivity contribution < 1.29 is 24.2 Å². The highest BCUT2D eigenvalue weighted by Crippen LogP contribution is 2.29. The maximum Gasteiger partial charge on any atom is 0.323 e. The predicted molar refractivity (Wildman–Crippen MR) is 107 cm³/mol. The molecule has 4 rings (SSSR count). The topological polar surface area (TPSA) is 120 Å². The van der Waals surface area contributed by atoms with Gasteiger partial charge in [-0.05, 0) is 24.6 Å². The number of carbonyl (C=O) groups excluding carboxylic acids is 3. The van der Waals surface area contributed by atoms with Crippen molar-refractivity contribution >= 4 is 24.1 Å². The van der Waals surface area contributed by atoms with Crippen molar-refractivity contribution in [2.24, 2.45) is 10.4 Å². The molecule has 3 N–H and O–H groups in total. The van der Waals surface area contributed by atoms with E-state index >= 15 is 0 Å². The number of nitrogens with one attached hydrogen (secondary N) is 2. The minimum Gasteiger partial charge on any atom is -0.511 e. The van der Waals surface area contributed by atoms with Gasteiger partial charge in [-0.25, -0.2) is 4.79 Å². The predicted octanol–water partition coefficient (Wildman–Crippen LogP) is 1.11. The maximum atomic E-state index is 12.9. The lowest BCUT2D eigenvalue weighted by Crippen LogP contribution is -2.54. The van der Waals surface area contributed by atoms with Crippen LogP contribution in [0.25, 0.3) is 0 Å². The molecule has 9 nitrogen and oxygen atoms in total. The first-order chi connectivity index (χ1) is 14.2. The second-order valence-corrected chi connectivity index (χ2v) is 7.74. The molecule has 0 bridgehead atoms. The van der Waals surface area contributed by atoms with Crippen LogP contribution >= 0.6 is 0 Å². The number of nitrogens with zero attached hydrogens (tertiary/aromatic N) is 2. The van der Waals surface area contributed by atoms with E-state index in [-0.39, 0.29) is 31.2 Å². The lowest BCUT2D eigenvalue weighted by molar-refractivity contribution is -0.122. The minimum atomic E-state index is -1.60. The van der Waals surface area contributed by atoms with Crippen molar-refractivity contribution in [3.8, 4) is 17.6 Å². The molecule has 0 aromatic heterocycles. The van der Waals surface area contributed by atoms with Gasteiger partial charge in [-0.3, -0.25) is 19.9 Å². The smallest absolute Gasteiger partial charge is 0.323 e. The fourth-order valence-corrected chi connectivity index (χ4v) is 3.69. The van der Waals surface area contributed by atoms with E-state index in [0.29, 0.717) is 11.3 Å². The number of urea groups is 1. The molecule has 1 aromatic carbocycles. The molecule has 9 heteroatoms. The molecule has 0 saturated carbocycles. The largest absolute Gasteiger partial charge is 0.511 e. The Labute approximate surface area is 172 Å². The highest BCUT2D eigenvalue weighted by atomic mass is 16.5. The van der Waals surface area contributed by atoms with Crippen LogP contribution in [-0.2, 0) is 11.3 Å². The number of hydrogen-bond donors (Lipinski definition) is 3. The van der Waals surface area contributed by atoms with Gasteiger partial charge in [0.2, 0.25) is 0 Å².